The zero-order valence-corrected chi connectivity index (χ0v) is 15.9. The van der Waals surface area contributed by atoms with Crippen molar-refractivity contribution < 1.29 is 9.47 Å². The van der Waals surface area contributed by atoms with Gasteiger partial charge in [0, 0.05) is 54.8 Å². The van der Waals surface area contributed by atoms with E-state index in [9.17, 15) is 4.79 Å². The molecule has 0 fully saturated rings. The van der Waals surface area contributed by atoms with Crippen molar-refractivity contribution in [2.45, 2.75) is 19.5 Å². The number of ether oxygens (including phenoxy) is 2. The molecule has 0 radical (unpaired) electrons. The summed E-state index contributed by atoms with van der Waals surface area (Å²) in [5, 5.41) is 0. The highest BCUT2D eigenvalue weighted by atomic mass is 16.5. The minimum Gasteiger partial charge on any atom is -0.497 e. The summed E-state index contributed by atoms with van der Waals surface area (Å²) in [4.78, 5) is 26.5. The van der Waals surface area contributed by atoms with Crippen LogP contribution in [0.25, 0.3) is 11.4 Å². The van der Waals surface area contributed by atoms with Crippen molar-refractivity contribution in [2.75, 3.05) is 20.8 Å². The fourth-order valence-electron chi connectivity index (χ4n) is 3.49. The molecule has 1 aromatic carbocycles. The Labute approximate surface area is 163 Å². The quantitative estimate of drug-likeness (QED) is 0.734. The van der Waals surface area contributed by atoms with Crippen LogP contribution in [-0.4, -0.2) is 40.6 Å². The molecule has 0 atom stereocenters. The molecule has 0 bridgehead atoms. The number of rotatable bonds is 5. The van der Waals surface area contributed by atoms with E-state index in [1.165, 1.54) is 0 Å². The van der Waals surface area contributed by atoms with E-state index >= 15 is 0 Å². The molecule has 144 valence electrons. The maximum absolute atomic E-state index is 12.5. The van der Waals surface area contributed by atoms with Crippen LogP contribution in [-0.2, 0) is 19.5 Å². The van der Waals surface area contributed by atoms with Gasteiger partial charge in [0.25, 0.3) is 5.56 Å². The molecule has 0 saturated carbocycles. The van der Waals surface area contributed by atoms with Crippen LogP contribution < -0.4 is 15.0 Å². The van der Waals surface area contributed by atoms with Gasteiger partial charge in [0.2, 0.25) is 0 Å². The number of benzene rings is 1. The standard InChI is InChI=1S/C21H22N4O3/c1-27-16-6-5-15(19(10-16)28-2)12-25-9-7-17-18(13-25)23-20(24-21(17)26)14-4-3-8-22-11-14/h3-6,8,10-11H,7,9,12-13H2,1-2H3,(H,23,24,26). The van der Waals surface area contributed by atoms with Gasteiger partial charge in [-0.2, -0.15) is 0 Å². The number of nitrogens with one attached hydrogen (secondary N) is 1. The second-order valence-electron chi connectivity index (χ2n) is 6.72. The van der Waals surface area contributed by atoms with Crippen molar-refractivity contribution >= 4 is 0 Å². The Morgan fingerprint density at radius 2 is 2.11 bits per heavy atom. The van der Waals surface area contributed by atoms with Gasteiger partial charge >= 0.3 is 0 Å². The highest BCUT2D eigenvalue weighted by molar-refractivity contribution is 5.53. The zero-order chi connectivity index (χ0) is 19.5. The molecule has 2 aromatic heterocycles. The number of pyridine rings is 1. The van der Waals surface area contributed by atoms with Crippen LogP contribution in [0.5, 0.6) is 11.5 Å². The van der Waals surface area contributed by atoms with E-state index < -0.39 is 0 Å². The SMILES string of the molecule is COc1ccc(CN2CCc3c(nc(-c4cccnc4)[nH]c3=O)C2)c(OC)c1. The smallest absolute Gasteiger partial charge is 0.254 e. The molecule has 1 aliphatic rings. The summed E-state index contributed by atoms with van der Waals surface area (Å²) in [7, 11) is 3.30. The van der Waals surface area contributed by atoms with Crippen LogP contribution >= 0.6 is 0 Å². The lowest BCUT2D eigenvalue weighted by Crippen LogP contribution is -2.35. The van der Waals surface area contributed by atoms with Gasteiger partial charge in [0.1, 0.15) is 17.3 Å². The molecule has 0 unspecified atom stereocenters. The summed E-state index contributed by atoms with van der Waals surface area (Å²) in [6, 6.07) is 9.55. The Hall–Kier alpha value is -3.19. The van der Waals surface area contributed by atoms with Crippen molar-refractivity contribution in [1.82, 2.24) is 19.9 Å². The predicted octanol–water partition coefficient (Wildman–Crippen LogP) is 2.41. The molecule has 0 saturated heterocycles. The lowest BCUT2D eigenvalue weighted by atomic mass is 10.0. The minimum absolute atomic E-state index is 0.0643. The Bertz CT molecular complexity index is 1030. The zero-order valence-electron chi connectivity index (χ0n) is 15.9. The normalized spacial score (nSPS) is 13.8. The van der Waals surface area contributed by atoms with Crippen LogP contribution in [0.1, 0.15) is 16.8 Å². The number of H-pyrrole nitrogens is 1. The largest absolute Gasteiger partial charge is 0.497 e. The molecular formula is C21H22N4O3. The number of hydrogen-bond donors (Lipinski definition) is 1. The third kappa shape index (κ3) is 3.61. The predicted molar refractivity (Wildman–Crippen MR) is 105 cm³/mol. The lowest BCUT2D eigenvalue weighted by Gasteiger charge is -2.28. The van der Waals surface area contributed by atoms with Gasteiger partial charge < -0.3 is 14.5 Å². The van der Waals surface area contributed by atoms with Crippen molar-refractivity contribution in [1.29, 1.82) is 0 Å². The molecule has 1 N–H and O–H groups in total. The molecule has 4 rings (SSSR count). The number of aromatic nitrogens is 3. The van der Waals surface area contributed by atoms with E-state index in [0.29, 0.717) is 25.3 Å². The monoisotopic (exact) mass is 378 g/mol. The van der Waals surface area contributed by atoms with Gasteiger partial charge in [-0.25, -0.2) is 4.98 Å². The minimum atomic E-state index is -0.0643. The Balaban J connectivity index is 1.59. The third-order valence-corrected chi connectivity index (χ3v) is 4.98. The van der Waals surface area contributed by atoms with Crippen molar-refractivity contribution in [3.05, 3.63) is 69.9 Å². The van der Waals surface area contributed by atoms with Crippen LogP contribution in [0, 0.1) is 0 Å². The van der Waals surface area contributed by atoms with E-state index in [4.69, 9.17) is 14.5 Å². The Kier molecular flexibility index (Phi) is 5.08. The molecule has 0 spiro atoms. The fourth-order valence-corrected chi connectivity index (χ4v) is 3.49. The van der Waals surface area contributed by atoms with E-state index in [1.807, 2.05) is 30.3 Å². The van der Waals surface area contributed by atoms with Gasteiger partial charge in [0.15, 0.2) is 0 Å². The van der Waals surface area contributed by atoms with Crippen molar-refractivity contribution in [3.8, 4) is 22.9 Å². The maximum atomic E-state index is 12.5. The summed E-state index contributed by atoms with van der Waals surface area (Å²) in [6.45, 7) is 2.12. The Morgan fingerprint density at radius 1 is 1.21 bits per heavy atom. The van der Waals surface area contributed by atoms with Gasteiger partial charge in [0.05, 0.1) is 19.9 Å². The third-order valence-electron chi connectivity index (χ3n) is 4.98. The van der Waals surface area contributed by atoms with E-state index in [2.05, 4.69) is 14.9 Å². The van der Waals surface area contributed by atoms with Crippen LogP contribution in [0.15, 0.2) is 47.5 Å². The highest BCUT2D eigenvalue weighted by Crippen LogP contribution is 2.27. The van der Waals surface area contributed by atoms with Crippen molar-refractivity contribution in [2.24, 2.45) is 0 Å². The van der Waals surface area contributed by atoms with Gasteiger partial charge in [-0.15, -0.1) is 0 Å². The summed E-state index contributed by atoms with van der Waals surface area (Å²) in [6.07, 6.45) is 4.07. The first kappa shape index (κ1) is 18.2. The average molecular weight is 378 g/mol. The first-order chi connectivity index (χ1) is 13.7. The number of nitrogens with zero attached hydrogens (tertiary/aromatic N) is 3. The number of aromatic amines is 1. The fraction of sp³-hybridized carbons (Fsp3) is 0.286. The average Bonchev–Trinajstić information content (AvgIpc) is 2.74. The highest BCUT2D eigenvalue weighted by Gasteiger charge is 2.22. The molecule has 28 heavy (non-hydrogen) atoms. The van der Waals surface area contributed by atoms with Gasteiger partial charge in [-0.1, -0.05) is 6.07 Å². The number of hydrogen-bond acceptors (Lipinski definition) is 6. The molecule has 3 aromatic rings. The molecule has 7 nitrogen and oxygen atoms in total. The van der Waals surface area contributed by atoms with E-state index in [1.54, 1.807) is 26.6 Å². The second-order valence-corrected chi connectivity index (χ2v) is 6.72. The van der Waals surface area contributed by atoms with Crippen molar-refractivity contribution in [3.63, 3.8) is 0 Å². The number of methoxy groups -OCH3 is 2. The summed E-state index contributed by atoms with van der Waals surface area (Å²) >= 11 is 0. The molecular weight excluding hydrogens is 356 g/mol. The second kappa shape index (κ2) is 7.82. The van der Waals surface area contributed by atoms with E-state index in [0.717, 1.165) is 40.4 Å². The summed E-state index contributed by atoms with van der Waals surface area (Å²) < 4.78 is 10.8. The first-order valence-electron chi connectivity index (χ1n) is 9.13. The molecule has 3 heterocycles. The maximum Gasteiger partial charge on any atom is 0.254 e. The van der Waals surface area contributed by atoms with E-state index in [-0.39, 0.29) is 5.56 Å². The van der Waals surface area contributed by atoms with Crippen LogP contribution in [0.3, 0.4) is 0 Å². The number of fused-ring (bicyclic) bond motifs is 1. The van der Waals surface area contributed by atoms with Gasteiger partial charge in [-0.05, 0) is 24.6 Å². The molecule has 7 heteroatoms. The molecule has 0 aliphatic carbocycles. The Morgan fingerprint density at radius 3 is 2.86 bits per heavy atom. The first-order valence-corrected chi connectivity index (χ1v) is 9.13. The van der Waals surface area contributed by atoms with Crippen LogP contribution in [0.2, 0.25) is 0 Å². The summed E-state index contributed by atoms with van der Waals surface area (Å²) in [5.41, 5.74) is 3.40. The van der Waals surface area contributed by atoms with Crippen LogP contribution in [0.4, 0.5) is 0 Å². The van der Waals surface area contributed by atoms with Gasteiger partial charge in [-0.3, -0.25) is 14.7 Å². The lowest BCUT2D eigenvalue weighted by molar-refractivity contribution is 0.237. The summed E-state index contributed by atoms with van der Waals surface area (Å²) in [5.74, 6) is 2.11. The topological polar surface area (TPSA) is 80.3 Å². The molecule has 1 aliphatic heterocycles. The molecule has 0 amide bonds.